The number of amides is 1. The number of methoxy groups -OCH3 is 2. The fourth-order valence-electron chi connectivity index (χ4n) is 2.95. The van der Waals surface area contributed by atoms with Gasteiger partial charge in [-0.15, -0.1) is 0 Å². The second-order valence-corrected chi connectivity index (χ2v) is 6.08. The van der Waals surface area contributed by atoms with Crippen LogP contribution in [0.15, 0.2) is 18.2 Å². The zero-order valence-electron chi connectivity index (χ0n) is 15.0. The first-order chi connectivity index (χ1) is 11.7. The predicted molar refractivity (Wildman–Crippen MR) is 94.6 cm³/mol. The van der Waals surface area contributed by atoms with Crippen molar-refractivity contribution < 1.29 is 14.3 Å². The van der Waals surface area contributed by atoms with E-state index in [9.17, 15) is 4.79 Å². The molecule has 6 nitrogen and oxygen atoms in total. The second kappa shape index (κ2) is 9.49. The molecule has 1 heterocycles. The summed E-state index contributed by atoms with van der Waals surface area (Å²) in [6.45, 7) is 5.15. The molecule has 1 aliphatic rings. The minimum atomic E-state index is 0.271. The highest BCUT2D eigenvalue weighted by Gasteiger charge is 2.20. The van der Waals surface area contributed by atoms with Crippen LogP contribution in [-0.4, -0.2) is 69.7 Å². The number of carbonyl (C=O) groups excluding carboxylic acids is 1. The number of hydrogen-bond acceptors (Lipinski definition) is 5. The van der Waals surface area contributed by atoms with Crippen molar-refractivity contribution in [1.82, 2.24) is 15.1 Å². The van der Waals surface area contributed by atoms with E-state index in [0.717, 1.165) is 57.2 Å². The van der Waals surface area contributed by atoms with Crippen molar-refractivity contribution >= 4 is 5.91 Å². The lowest BCUT2D eigenvalue weighted by Crippen LogP contribution is -2.48. The first-order valence-corrected chi connectivity index (χ1v) is 8.53. The number of nitrogens with zero attached hydrogens (tertiary/aromatic N) is 2. The maximum absolute atomic E-state index is 12.2. The van der Waals surface area contributed by atoms with Crippen molar-refractivity contribution in [2.45, 2.75) is 19.4 Å². The normalized spacial score (nSPS) is 15.4. The Bertz CT molecular complexity index is 506. The van der Waals surface area contributed by atoms with E-state index in [4.69, 9.17) is 9.47 Å². The molecule has 6 heteroatoms. The molecule has 1 N–H and O–H groups in total. The third kappa shape index (κ3) is 5.39. The highest BCUT2D eigenvalue weighted by Crippen LogP contribution is 2.23. The van der Waals surface area contributed by atoms with Crippen molar-refractivity contribution in [3.05, 3.63) is 23.8 Å². The van der Waals surface area contributed by atoms with Crippen molar-refractivity contribution in [3.8, 4) is 11.5 Å². The molecule has 0 atom stereocenters. The summed E-state index contributed by atoms with van der Waals surface area (Å²) in [7, 11) is 5.24. The number of piperazine rings is 1. The van der Waals surface area contributed by atoms with Crippen LogP contribution in [0.25, 0.3) is 0 Å². The van der Waals surface area contributed by atoms with Crippen LogP contribution >= 0.6 is 0 Å². The fraction of sp³-hybridized carbons (Fsp3) is 0.611. The molecule has 0 bridgehead atoms. The van der Waals surface area contributed by atoms with E-state index < -0.39 is 0 Å². The number of ether oxygens (including phenoxy) is 2. The molecular formula is C18H29N3O3. The van der Waals surface area contributed by atoms with Crippen LogP contribution in [0.4, 0.5) is 0 Å². The molecule has 1 saturated heterocycles. The molecule has 134 valence electrons. The minimum Gasteiger partial charge on any atom is -0.497 e. The lowest BCUT2D eigenvalue weighted by molar-refractivity contribution is -0.133. The van der Waals surface area contributed by atoms with E-state index in [1.165, 1.54) is 5.56 Å². The van der Waals surface area contributed by atoms with Crippen LogP contribution in [0.5, 0.6) is 11.5 Å². The smallest absolute Gasteiger partial charge is 0.222 e. The molecule has 0 spiro atoms. The fourth-order valence-corrected chi connectivity index (χ4v) is 2.95. The van der Waals surface area contributed by atoms with Gasteiger partial charge in [-0.1, -0.05) is 0 Å². The summed E-state index contributed by atoms with van der Waals surface area (Å²) in [6.07, 6.45) is 1.53. The van der Waals surface area contributed by atoms with Gasteiger partial charge in [-0.05, 0) is 37.7 Å². The summed E-state index contributed by atoms with van der Waals surface area (Å²) in [5.41, 5.74) is 1.17. The van der Waals surface area contributed by atoms with Crippen LogP contribution in [-0.2, 0) is 11.3 Å². The first kappa shape index (κ1) is 18.5. The van der Waals surface area contributed by atoms with Gasteiger partial charge in [0.2, 0.25) is 5.91 Å². The molecule has 1 aliphatic heterocycles. The van der Waals surface area contributed by atoms with Crippen LogP contribution in [0.3, 0.4) is 0 Å². The number of hydrogen-bond donors (Lipinski definition) is 1. The van der Waals surface area contributed by atoms with Crippen molar-refractivity contribution in [3.63, 3.8) is 0 Å². The van der Waals surface area contributed by atoms with Crippen LogP contribution in [0.1, 0.15) is 18.4 Å². The monoisotopic (exact) mass is 335 g/mol. The Labute approximate surface area is 144 Å². The van der Waals surface area contributed by atoms with Gasteiger partial charge in [0.05, 0.1) is 14.2 Å². The van der Waals surface area contributed by atoms with Gasteiger partial charge in [-0.25, -0.2) is 0 Å². The van der Waals surface area contributed by atoms with E-state index in [1.807, 2.05) is 30.1 Å². The molecular weight excluding hydrogens is 306 g/mol. The van der Waals surface area contributed by atoms with E-state index in [2.05, 4.69) is 10.2 Å². The van der Waals surface area contributed by atoms with Gasteiger partial charge in [-0.2, -0.15) is 0 Å². The Hall–Kier alpha value is -1.79. The molecule has 1 aromatic rings. The number of nitrogens with one attached hydrogen (secondary N) is 1. The maximum Gasteiger partial charge on any atom is 0.222 e. The van der Waals surface area contributed by atoms with Gasteiger partial charge in [0, 0.05) is 45.2 Å². The first-order valence-electron chi connectivity index (χ1n) is 8.53. The molecule has 24 heavy (non-hydrogen) atoms. The minimum absolute atomic E-state index is 0.271. The average Bonchev–Trinajstić information content (AvgIpc) is 2.62. The highest BCUT2D eigenvalue weighted by atomic mass is 16.5. The van der Waals surface area contributed by atoms with E-state index in [-0.39, 0.29) is 5.91 Å². The molecule has 1 amide bonds. The highest BCUT2D eigenvalue weighted by molar-refractivity contribution is 5.76. The topological polar surface area (TPSA) is 54.0 Å². The van der Waals surface area contributed by atoms with Gasteiger partial charge in [0.15, 0.2) is 0 Å². The van der Waals surface area contributed by atoms with Gasteiger partial charge in [0.1, 0.15) is 11.5 Å². The lowest BCUT2D eigenvalue weighted by Gasteiger charge is -2.35. The Kier molecular flexibility index (Phi) is 7.34. The summed E-state index contributed by atoms with van der Waals surface area (Å²) >= 11 is 0. The van der Waals surface area contributed by atoms with Crippen LogP contribution in [0, 0.1) is 0 Å². The third-order valence-corrected chi connectivity index (χ3v) is 4.36. The van der Waals surface area contributed by atoms with E-state index >= 15 is 0 Å². The summed E-state index contributed by atoms with van der Waals surface area (Å²) in [6, 6.07) is 5.96. The van der Waals surface area contributed by atoms with Gasteiger partial charge >= 0.3 is 0 Å². The third-order valence-electron chi connectivity index (χ3n) is 4.36. The molecule has 0 saturated carbocycles. The molecule has 0 radical (unpaired) electrons. The summed E-state index contributed by atoms with van der Waals surface area (Å²) in [5, 5.41) is 3.08. The molecule has 1 aromatic carbocycles. The average molecular weight is 335 g/mol. The van der Waals surface area contributed by atoms with Crippen molar-refractivity contribution in [2.24, 2.45) is 0 Å². The Morgan fingerprint density at radius 3 is 2.25 bits per heavy atom. The molecule has 0 aromatic heterocycles. The zero-order chi connectivity index (χ0) is 17.4. The zero-order valence-corrected chi connectivity index (χ0v) is 15.0. The SMILES string of the molecule is CNCCCC(=O)N1CCN(Cc2cc(OC)cc(OC)c2)CC1. The Morgan fingerprint density at radius 1 is 1.08 bits per heavy atom. The quantitative estimate of drug-likeness (QED) is 0.727. The number of rotatable bonds is 8. The molecule has 2 rings (SSSR count). The molecule has 0 aliphatic carbocycles. The van der Waals surface area contributed by atoms with Crippen molar-refractivity contribution in [1.29, 1.82) is 0 Å². The lowest BCUT2D eigenvalue weighted by atomic mass is 10.1. The predicted octanol–water partition coefficient (Wildman–Crippen LogP) is 1.35. The molecule has 1 fully saturated rings. The number of carbonyl (C=O) groups is 1. The van der Waals surface area contributed by atoms with E-state index in [1.54, 1.807) is 14.2 Å². The maximum atomic E-state index is 12.2. The van der Waals surface area contributed by atoms with E-state index in [0.29, 0.717) is 6.42 Å². The van der Waals surface area contributed by atoms with Gasteiger partial charge < -0.3 is 19.7 Å². The van der Waals surface area contributed by atoms with Crippen molar-refractivity contribution in [2.75, 3.05) is 54.0 Å². The largest absolute Gasteiger partial charge is 0.497 e. The summed E-state index contributed by atoms with van der Waals surface area (Å²) in [4.78, 5) is 16.5. The van der Waals surface area contributed by atoms with Crippen LogP contribution < -0.4 is 14.8 Å². The summed E-state index contributed by atoms with van der Waals surface area (Å²) < 4.78 is 10.7. The number of benzene rings is 1. The van der Waals surface area contributed by atoms with Gasteiger partial charge in [-0.3, -0.25) is 9.69 Å². The Balaban J connectivity index is 1.83. The second-order valence-electron chi connectivity index (χ2n) is 6.08. The van der Waals surface area contributed by atoms with Crippen LogP contribution in [0.2, 0.25) is 0 Å². The van der Waals surface area contributed by atoms with Gasteiger partial charge in [0.25, 0.3) is 0 Å². The Morgan fingerprint density at radius 2 is 1.71 bits per heavy atom. The standard InChI is InChI=1S/C18H29N3O3/c1-19-6-4-5-18(22)21-9-7-20(8-10-21)14-15-11-16(23-2)13-17(12-15)24-3/h11-13,19H,4-10,14H2,1-3H3. The summed E-state index contributed by atoms with van der Waals surface area (Å²) in [5.74, 6) is 1.89. The molecule has 0 unspecified atom stereocenters.